The normalized spacial score (nSPS) is 11.0. The summed E-state index contributed by atoms with van der Waals surface area (Å²) in [7, 11) is 0. The molecule has 0 aliphatic rings. The van der Waals surface area contributed by atoms with Crippen molar-refractivity contribution in [3.8, 4) is 22.6 Å². The Hall–Kier alpha value is -3.97. The van der Waals surface area contributed by atoms with Crippen LogP contribution in [-0.2, 0) is 16.0 Å². The quantitative estimate of drug-likeness (QED) is 0.208. The second kappa shape index (κ2) is 10.8. The number of carbonyl (C=O) groups excluding carboxylic acids is 1. The summed E-state index contributed by atoms with van der Waals surface area (Å²) in [6, 6.07) is 21.4. The molecule has 7 nitrogen and oxygen atoms in total. The molecular weight excluding hydrogens is 428 g/mol. The Balaban J connectivity index is 1.50. The fraction of sp³-hybridized carbons (Fsp3) is 0.222. The van der Waals surface area contributed by atoms with E-state index in [4.69, 9.17) is 4.74 Å². The minimum absolute atomic E-state index is 0.146. The number of nitrogens with one attached hydrogen (secondary N) is 1. The predicted octanol–water partition coefficient (Wildman–Crippen LogP) is 4.43. The van der Waals surface area contributed by atoms with Crippen LogP contribution >= 0.6 is 0 Å². The Morgan fingerprint density at radius 3 is 2.38 bits per heavy atom. The maximum Gasteiger partial charge on any atom is 0.333 e. The van der Waals surface area contributed by atoms with E-state index in [1.54, 1.807) is 6.92 Å². The first-order chi connectivity index (χ1) is 16.5. The number of carbonyl (C=O) groups is 1. The molecule has 0 radical (unpaired) electrons. The van der Waals surface area contributed by atoms with Crippen molar-refractivity contribution in [2.75, 3.05) is 19.7 Å². The van der Waals surface area contributed by atoms with Crippen LogP contribution in [-0.4, -0.2) is 45.8 Å². The molecule has 0 saturated heterocycles. The Labute approximate surface area is 198 Å². The lowest BCUT2D eigenvalue weighted by molar-refractivity contribution is -0.138. The molecule has 4 rings (SSSR count). The highest BCUT2D eigenvalue weighted by Crippen LogP contribution is 2.36. The molecule has 174 valence electrons. The van der Waals surface area contributed by atoms with Crippen LogP contribution in [0.1, 0.15) is 18.9 Å². The molecule has 0 bridgehead atoms. The smallest absolute Gasteiger partial charge is 0.333 e. The van der Waals surface area contributed by atoms with E-state index in [-0.39, 0.29) is 11.7 Å². The largest absolute Gasteiger partial charge is 0.505 e. The van der Waals surface area contributed by atoms with Crippen LogP contribution in [0, 0.1) is 0 Å². The number of fused-ring (bicyclic) bond motifs is 1. The molecule has 0 aliphatic heterocycles. The number of hydrogen-bond acceptors (Lipinski definition) is 6. The summed E-state index contributed by atoms with van der Waals surface area (Å²) in [5.41, 5.74) is 5.23. The average molecular weight is 457 g/mol. The zero-order valence-corrected chi connectivity index (χ0v) is 19.2. The van der Waals surface area contributed by atoms with Gasteiger partial charge in [0.05, 0.1) is 0 Å². The fourth-order valence-corrected chi connectivity index (χ4v) is 3.66. The van der Waals surface area contributed by atoms with E-state index in [0.717, 1.165) is 47.1 Å². The molecule has 1 heterocycles. The first-order valence-corrected chi connectivity index (χ1v) is 11.3. The molecule has 7 heteroatoms. The van der Waals surface area contributed by atoms with Crippen molar-refractivity contribution in [2.24, 2.45) is 0 Å². The lowest BCUT2D eigenvalue weighted by Crippen LogP contribution is -2.22. The van der Waals surface area contributed by atoms with Crippen LogP contribution in [0.4, 0.5) is 0 Å². The number of ether oxygens (including phenoxy) is 1. The molecule has 0 spiro atoms. The monoisotopic (exact) mass is 456 g/mol. The van der Waals surface area contributed by atoms with E-state index in [1.165, 1.54) is 4.80 Å². The molecule has 0 atom stereocenters. The summed E-state index contributed by atoms with van der Waals surface area (Å²) in [4.78, 5) is 12.9. The second-order valence-corrected chi connectivity index (χ2v) is 8.13. The van der Waals surface area contributed by atoms with Crippen LogP contribution in [0.25, 0.3) is 27.8 Å². The number of aryl methyl sites for hydroxylation is 1. The van der Waals surface area contributed by atoms with Gasteiger partial charge in [-0.1, -0.05) is 49.0 Å². The molecule has 0 fully saturated rings. The minimum atomic E-state index is -0.369. The zero-order valence-electron chi connectivity index (χ0n) is 19.2. The highest BCUT2D eigenvalue weighted by molar-refractivity contribution is 5.86. The SMILES string of the molecule is C=C(C)C(=O)OCCNCCCc1cc(-c2ccccc2)c(O)c(-n2nc3ccccc3n2)c1. The average Bonchev–Trinajstić information content (AvgIpc) is 3.28. The molecule has 0 saturated carbocycles. The van der Waals surface area contributed by atoms with E-state index < -0.39 is 0 Å². The highest BCUT2D eigenvalue weighted by Gasteiger charge is 2.16. The molecule has 2 N–H and O–H groups in total. The molecule has 3 aromatic carbocycles. The van der Waals surface area contributed by atoms with Crippen molar-refractivity contribution in [3.05, 3.63) is 84.4 Å². The zero-order chi connectivity index (χ0) is 23.9. The summed E-state index contributed by atoms with van der Waals surface area (Å²) < 4.78 is 5.09. The van der Waals surface area contributed by atoms with Crippen molar-refractivity contribution in [3.63, 3.8) is 0 Å². The van der Waals surface area contributed by atoms with Crippen LogP contribution < -0.4 is 5.32 Å². The second-order valence-electron chi connectivity index (χ2n) is 8.13. The number of aromatic nitrogens is 3. The van der Waals surface area contributed by atoms with Gasteiger partial charge in [0, 0.05) is 17.7 Å². The van der Waals surface area contributed by atoms with Crippen LogP contribution in [0.3, 0.4) is 0 Å². The number of hydrogen-bond donors (Lipinski definition) is 2. The number of esters is 1. The number of nitrogens with zero attached hydrogens (tertiary/aromatic N) is 3. The predicted molar refractivity (Wildman–Crippen MR) is 133 cm³/mol. The molecule has 0 amide bonds. The molecular formula is C27H28N4O3. The van der Waals surface area contributed by atoms with E-state index in [0.29, 0.717) is 24.4 Å². The number of phenolic OH excluding ortho intramolecular Hbond substituents is 1. The highest BCUT2D eigenvalue weighted by atomic mass is 16.5. The third-order valence-electron chi connectivity index (χ3n) is 5.42. The van der Waals surface area contributed by atoms with Gasteiger partial charge in [-0.2, -0.15) is 0 Å². The van der Waals surface area contributed by atoms with Crippen molar-refractivity contribution in [1.29, 1.82) is 0 Å². The van der Waals surface area contributed by atoms with Gasteiger partial charge in [-0.25, -0.2) is 4.79 Å². The maximum atomic E-state index is 11.4. The Kier molecular flexibility index (Phi) is 7.34. The van der Waals surface area contributed by atoms with Gasteiger partial charge >= 0.3 is 5.97 Å². The maximum absolute atomic E-state index is 11.4. The van der Waals surface area contributed by atoms with Gasteiger partial charge in [-0.05, 0) is 61.7 Å². The standard InChI is InChI=1S/C27H28N4O3/c1-19(2)27(33)34-16-15-28-14-8-9-20-17-22(21-10-4-3-5-11-21)26(32)25(18-20)31-29-23-12-6-7-13-24(23)30-31/h3-7,10-13,17-18,28,32H,1,8-9,14-16H2,2H3. The number of aromatic hydroxyl groups is 1. The third kappa shape index (κ3) is 5.50. The molecule has 1 aromatic heterocycles. The Morgan fingerprint density at radius 2 is 1.71 bits per heavy atom. The van der Waals surface area contributed by atoms with Crippen molar-refractivity contribution in [2.45, 2.75) is 19.8 Å². The fourth-order valence-electron chi connectivity index (χ4n) is 3.66. The summed E-state index contributed by atoms with van der Waals surface area (Å²) in [6.07, 6.45) is 1.67. The summed E-state index contributed by atoms with van der Waals surface area (Å²) >= 11 is 0. The van der Waals surface area contributed by atoms with E-state index in [9.17, 15) is 9.90 Å². The van der Waals surface area contributed by atoms with Crippen molar-refractivity contribution < 1.29 is 14.6 Å². The first-order valence-electron chi connectivity index (χ1n) is 11.3. The molecule has 0 unspecified atom stereocenters. The van der Waals surface area contributed by atoms with Gasteiger partial charge in [0.1, 0.15) is 23.3 Å². The molecule has 4 aromatic rings. The van der Waals surface area contributed by atoms with E-state index in [2.05, 4.69) is 22.1 Å². The summed E-state index contributed by atoms with van der Waals surface area (Å²) in [6.45, 7) is 6.86. The van der Waals surface area contributed by atoms with Crippen LogP contribution in [0.15, 0.2) is 78.9 Å². The summed E-state index contributed by atoms with van der Waals surface area (Å²) in [5, 5.41) is 23.5. The van der Waals surface area contributed by atoms with Gasteiger partial charge in [0.25, 0.3) is 0 Å². The number of benzene rings is 3. The van der Waals surface area contributed by atoms with Gasteiger partial charge in [-0.15, -0.1) is 15.0 Å². The van der Waals surface area contributed by atoms with Crippen molar-refractivity contribution >= 4 is 17.0 Å². The minimum Gasteiger partial charge on any atom is -0.505 e. The van der Waals surface area contributed by atoms with Crippen LogP contribution in [0.2, 0.25) is 0 Å². The van der Waals surface area contributed by atoms with E-state index >= 15 is 0 Å². The third-order valence-corrected chi connectivity index (χ3v) is 5.42. The van der Waals surface area contributed by atoms with Crippen molar-refractivity contribution in [1.82, 2.24) is 20.3 Å². The lowest BCUT2D eigenvalue weighted by Gasteiger charge is -2.13. The first kappa shape index (κ1) is 23.2. The lowest BCUT2D eigenvalue weighted by atomic mass is 9.98. The molecule has 0 aliphatic carbocycles. The summed E-state index contributed by atoms with van der Waals surface area (Å²) in [5.74, 6) is -0.223. The van der Waals surface area contributed by atoms with Gasteiger partial charge in [0.2, 0.25) is 0 Å². The van der Waals surface area contributed by atoms with Gasteiger partial charge < -0.3 is 15.2 Å². The molecule has 34 heavy (non-hydrogen) atoms. The van der Waals surface area contributed by atoms with Gasteiger partial charge in [-0.3, -0.25) is 0 Å². The Bertz CT molecular complexity index is 1260. The number of rotatable bonds is 10. The van der Waals surface area contributed by atoms with Crippen LogP contribution in [0.5, 0.6) is 5.75 Å². The van der Waals surface area contributed by atoms with Gasteiger partial charge in [0.15, 0.2) is 5.75 Å². The topological polar surface area (TPSA) is 89.3 Å². The Morgan fingerprint density at radius 1 is 1.03 bits per heavy atom. The van der Waals surface area contributed by atoms with E-state index in [1.807, 2.05) is 66.7 Å². The number of phenols is 1.